The number of piperazine rings is 1. The summed E-state index contributed by atoms with van der Waals surface area (Å²) < 4.78 is 7.61. The highest BCUT2D eigenvalue weighted by atomic mass is 16.5. The number of nitrogens with one attached hydrogen (secondary N) is 1. The van der Waals surface area contributed by atoms with E-state index in [4.69, 9.17) is 4.74 Å². The van der Waals surface area contributed by atoms with Gasteiger partial charge in [-0.1, -0.05) is 6.42 Å². The van der Waals surface area contributed by atoms with Crippen LogP contribution in [-0.4, -0.2) is 72.5 Å². The van der Waals surface area contributed by atoms with E-state index >= 15 is 0 Å². The number of aliphatic imine (C=N–C) groups is 1. The Morgan fingerprint density at radius 1 is 1.03 bits per heavy atom. The predicted molar refractivity (Wildman–Crippen MR) is 124 cm³/mol. The van der Waals surface area contributed by atoms with Crippen molar-refractivity contribution >= 4 is 11.6 Å². The molecule has 0 spiro atoms. The number of anilines is 1. The predicted octanol–water partition coefficient (Wildman–Crippen LogP) is 2.34. The van der Waals surface area contributed by atoms with Crippen molar-refractivity contribution in [1.29, 1.82) is 0 Å². The van der Waals surface area contributed by atoms with E-state index in [1.165, 1.54) is 30.8 Å². The van der Waals surface area contributed by atoms with Crippen LogP contribution in [0.3, 0.4) is 0 Å². The fourth-order valence-electron chi connectivity index (χ4n) is 4.48. The van der Waals surface area contributed by atoms with Crippen molar-refractivity contribution in [2.75, 3.05) is 51.8 Å². The van der Waals surface area contributed by atoms with E-state index in [2.05, 4.69) is 47.0 Å². The van der Waals surface area contributed by atoms with Crippen LogP contribution in [0.1, 0.15) is 37.3 Å². The molecule has 31 heavy (non-hydrogen) atoms. The average Bonchev–Trinajstić information content (AvgIpc) is 3.05. The Labute approximate surface area is 185 Å². The molecule has 8 nitrogen and oxygen atoms in total. The van der Waals surface area contributed by atoms with Crippen molar-refractivity contribution in [2.24, 2.45) is 4.99 Å². The van der Waals surface area contributed by atoms with Gasteiger partial charge in [0, 0.05) is 64.8 Å². The van der Waals surface area contributed by atoms with Crippen LogP contribution >= 0.6 is 0 Å². The second kappa shape index (κ2) is 10.5. The summed E-state index contributed by atoms with van der Waals surface area (Å²) in [6.45, 7) is 5.86. The summed E-state index contributed by atoms with van der Waals surface area (Å²) >= 11 is 0. The molecule has 1 fully saturated rings. The number of aromatic nitrogens is 3. The number of ether oxygens (including phenoxy) is 1. The number of fused-ring (bicyclic) bond motifs is 1. The molecule has 2 aliphatic rings. The molecule has 0 radical (unpaired) electrons. The number of rotatable bonds is 6. The van der Waals surface area contributed by atoms with Crippen LogP contribution in [0.15, 0.2) is 29.3 Å². The largest absolute Gasteiger partial charge is 0.497 e. The van der Waals surface area contributed by atoms with Crippen LogP contribution in [-0.2, 0) is 19.4 Å². The summed E-state index contributed by atoms with van der Waals surface area (Å²) in [6.07, 6.45) is 6.84. The van der Waals surface area contributed by atoms with E-state index in [9.17, 15) is 0 Å². The van der Waals surface area contributed by atoms with Crippen molar-refractivity contribution in [1.82, 2.24) is 25.0 Å². The van der Waals surface area contributed by atoms with E-state index in [0.717, 1.165) is 76.1 Å². The van der Waals surface area contributed by atoms with Crippen LogP contribution in [0, 0.1) is 0 Å². The van der Waals surface area contributed by atoms with Gasteiger partial charge >= 0.3 is 0 Å². The zero-order valence-electron chi connectivity index (χ0n) is 18.9. The molecule has 0 atom stereocenters. The molecule has 168 valence electrons. The lowest BCUT2D eigenvalue weighted by molar-refractivity contribution is 0.372. The zero-order chi connectivity index (χ0) is 21.5. The molecule has 0 amide bonds. The van der Waals surface area contributed by atoms with Crippen molar-refractivity contribution in [3.63, 3.8) is 0 Å². The average molecular weight is 426 g/mol. The van der Waals surface area contributed by atoms with Crippen molar-refractivity contribution in [3.05, 3.63) is 35.9 Å². The topological polar surface area (TPSA) is 70.8 Å². The van der Waals surface area contributed by atoms with Gasteiger partial charge in [-0.2, -0.15) is 0 Å². The quantitative estimate of drug-likeness (QED) is 0.435. The van der Waals surface area contributed by atoms with E-state index in [0.29, 0.717) is 0 Å². The van der Waals surface area contributed by atoms with Crippen molar-refractivity contribution in [3.8, 4) is 5.75 Å². The number of aryl methyl sites for hydroxylation is 2. The first kappa shape index (κ1) is 21.5. The third kappa shape index (κ3) is 5.29. The fraction of sp³-hybridized carbons (Fsp3) is 0.609. The van der Waals surface area contributed by atoms with E-state index in [1.54, 1.807) is 7.11 Å². The summed E-state index contributed by atoms with van der Waals surface area (Å²) in [6, 6.07) is 8.31. The SMILES string of the molecule is CN=C(NCCCc1nnc2n1CCCCC2)N1CCN(c2ccc(OC)cc2)CC1. The lowest BCUT2D eigenvalue weighted by Crippen LogP contribution is -2.52. The highest BCUT2D eigenvalue weighted by molar-refractivity contribution is 5.80. The summed E-state index contributed by atoms with van der Waals surface area (Å²) in [5.41, 5.74) is 1.25. The molecule has 4 rings (SSSR count). The number of methoxy groups -OCH3 is 1. The molecule has 2 aromatic rings. The lowest BCUT2D eigenvalue weighted by atomic mass is 10.2. The Morgan fingerprint density at radius 2 is 1.84 bits per heavy atom. The van der Waals surface area contributed by atoms with Crippen LogP contribution in [0.2, 0.25) is 0 Å². The van der Waals surface area contributed by atoms with Crippen molar-refractivity contribution < 1.29 is 4.74 Å². The number of nitrogens with zero attached hydrogens (tertiary/aromatic N) is 6. The summed E-state index contributed by atoms with van der Waals surface area (Å²) in [5.74, 6) is 4.21. The second-order valence-corrected chi connectivity index (χ2v) is 8.24. The first-order valence-electron chi connectivity index (χ1n) is 11.5. The maximum Gasteiger partial charge on any atom is 0.193 e. The normalized spacial score (nSPS) is 17.3. The van der Waals surface area contributed by atoms with E-state index in [-0.39, 0.29) is 0 Å². The fourth-order valence-corrected chi connectivity index (χ4v) is 4.48. The van der Waals surface area contributed by atoms with Crippen molar-refractivity contribution in [2.45, 2.75) is 45.1 Å². The third-order valence-electron chi connectivity index (χ3n) is 6.27. The maximum absolute atomic E-state index is 5.26. The molecule has 1 aromatic heterocycles. The Hall–Kier alpha value is -2.77. The van der Waals surface area contributed by atoms with Gasteiger partial charge in [0.15, 0.2) is 5.96 Å². The molecule has 3 heterocycles. The first-order valence-corrected chi connectivity index (χ1v) is 11.5. The number of hydrogen-bond acceptors (Lipinski definition) is 5. The van der Waals surface area contributed by atoms with E-state index < -0.39 is 0 Å². The molecule has 0 bridgehead atoms. The Balaban J connectivity index is 1.22. The zero-order valence-corrected chi connectivity index (χ0v) is 18.9. The van der Waals surface area contributed by atoms with E-state index in [1.807, 2.05) is 19.2 Å². The first-order chi connectivity index (χ1) is 15.3. The molecule has 1 N–H and O–H groups in total. The van der Waals surface area contributed by atoms with Crippen LogP contribution in [0.5, 0.6) is 5.75 Å². The van der Waals surface area contributed by atoms with Crippen LogP contribution in [0.4, 0.5) is 5.69 Å². The van der Waals surface area contributed by atoms with Gasteiger partial charge in [-0.25, -0.2) is 0 Å². The Bertz CT molecular complexity index is 853. The van der Waals surface area contributed by atoms with Gasteiger partial charge in [0.25, 0.3) is 0 Å². The standard InChI is InChI=1S/C23H35N7O/c1-24-23(25-13-6-8-22-27-26-21-7-4-3-5-14-30(21)22)29-17-15-28(16-18-29)19-9-11-20(31-2)12-10-19/h9-12H,3-8,13-18H2,1-2H3,(H,24,25). The van der Waals surface area contributed by atoms with Gasteiger partial charge < -0.3 is 24.4 Å². The molecule has 0 aliphatic carbocycles. The summed E-state index contributed by atoms with van der Waals surface area (Å²) in [5, 5.41) is 12.4. The monoisotopic (exact) mass is 425 g/mol. The van der Waals surface area contributed by atoms with Crippen LogP contribution < -0.4 is 15.0 Å². The van der Waals surface area contributed by atoms with Gasteiger partial charge in [0.2, 0.25) is 0 Å². The highest BCUT2D eigenvalue weighted by Gasteiger charge is 2.20. The lowest BCUT2D eigenvalue weighted by Gasteiger charge is -2.37. The Morgan fingerprint density at radius 3 is 2.58 bits per heavy atom. The van der Waals surface area contributed by atoms with Gasteiger partial charge in [0.05, 0.1) is 7.11 Å². The molecule has 1 saturated heterocycles. The number of hydrogen-bond donors (Lipinski definition) is 1. The van der Waals surface area contributed by atoms with Gasteiger partial charge in [-0.15, -0.1) is 10.2 Å². The molecular weight excluding hydrogens is 390 g/mol. The highest BCUT2D eigenvalue weighted by Crippen LogP contribution is 2.20. The Kier molecular flexibility index (Phi) is 7.27. The second-order valence-electron chi connectivity index (χ2n) is 8.24. The molecular formula is C23H35N7O. The maximum atomic E-state index is 5.26. The molecule has 2 aliphatic heterocycles. The summed E-state index contributed by atoms with van der Waals surface area (Å²) in [4.78, 5) is 9.28. The third-order valence-corrected chi connectivity index (χ3v) is 6.27. The van der Waals surface area contributed by atoms with Gasteiger partial charge in [0.1, 0.15) is 17.4 Å². The molecule has 0 unspecified atom stereocenters. The summed E-state index contributed by atoms with van der Waals surface area (Å²) in [7, 11) is 3.57. The van der Waals surface area contributed by atoms with Crippen LogP contribution in [0.25, 0.3) is 0 Å². The molecule has 8 heteroatoms. The number of guanidine groups is 1. The smallest absolute Gasteiger partial charge is 0.193 e. The minimum atomic E-state index is 0.896. The van der Waals surface area contributed by atoms with Gasteiger partial charge in [-0.3, -0.25) is 4.99 Å². The minimum absolute atomic E-state index is 0.896. The minimum Gasteiger partial charge on any atom is -0.497 e. The molecule has 0 saturated carbocycles. The molecule has 1 aromatic carbocycles. The van der Waals surface area contributed by atoms with Gasteiger partial charge in [-0.05, 0) is 43.5 Å². The number of benzene rings is 1.